The molecule has 0 radical (unpaired) electrons. The van der Waals surface area contributed by atoms with Gasteiger partial charge in [-0.05, 0) is 31.5 Å². The van der Waals surface area contributed by atoms with Crippen LogP contribution in [0.1, 0.15) is 29.6 Å². The van der Waals surface area contributed by atoms with Gasteiger partial charge in [-0.15, -0.1) is 0 Å². The fraction of sp³-hybridized carbons (Fsp3) is 0.500. The molecule has 1 aromatic rings. The highest BCUT2D eigenvalue weighted by atomic mass is 16.1. The van der Waals surface area contributed by atoms with Gasteiger partial charge in [0, 0.05) is 25.0 Å². The Balaban J connectivity index is 1.79. The van der Waals surface area contributed by atoms with E-state index in [0.29, 0.717) is 18.2 Å². The summed E-state index contributed by atoms with van der Waals surface area (Å²) < 4.78 is 0. The molecule has 0 spiro atoms. The molecule has 1 fully saturated rings. The maximum atomic E-state index is 11.7. The molecule has 0 aliphatic carbocycles. The number of hydrogen-bond donors (Lipinski definition) is 2. The molecule has 0 saturated carbocycles. The Kier molecular flexibility index (Phi) is 3.88. The van der Waals surface area contributed by atoms with Crippen molar-refractivity contribution in [3.8, 4) is 0 Å². The van der Waals surface area contributed by atoms with Crippen molar-refractivity contribution < 1.29 is 4.79 Å². The molecular formula is C12H17N3O. The van der Waals surface area contributed by atoms with Crippen LogP contribution >= 0.6 is 0 Å². The second-order valence-electron chi connectivity index (χ2n) is 4.10. The first-order valence-electron chi connectivity index (χ1n) is 5.78. The van der Waals surface area contributed by atoms with Crippen LogP contribution in [0, 0.1) is 0 Å². The molecule has 2 heterocycles. The van der Waals surface area contributed by atoms with Gasteiger partial charge in [0.05, 0.1) is 5.56 Å². The van der Waals surface area contributed by atoms with Crippen LogP contribution in [0.5, 0.6) is 0 Å². The van der Waals surface area contributed by atoms with Crippen molar-refractivity contribution in [3.63, 3.8) is 0 Å². The molecule has 1 atom stereocenters. The van der Waals surface area contributed by atoms with Crippen molar-refractivity contribution in [2.45, 2.75) is 25.3 Å². The number of nitrogens with one attached hydrogen (secondary N) is 2. The monoisotopic (exact) mass is 219 g/mol. The van der Waals surface area contributed by atoms with Crippen molar-refractivity contribution in [1.29, 1.82) is 0 Å². The van der Waals surface area contributed by atoms with E-state index in [1.165, 1.54) is 12.8 Å². The van der Waals surface area contributed by atoms with Gasteiger partial charge in [0.2, 0.25) is 0 Å². The Morgan fingerprint density at radius 2 is 2.50 bits per heavy atom. The topological polar surface area (TPSA) is 54.0 Å². The van der Waals surface area contributed by atoms with Crippen molar-refractivity contribution in [2.75, 3.05) is 13.1 Å². The first-order chi connectivity index (χ1) is 7.86. The summed E-state index contributed by atoms with van der Waals surface area (Å²) >= 11 is 0. The summed E-state index contributed by atoms with van der Waals surface area (Å²) in [5, 5.41) is 6.32. The van der Waals surface area contributed by atoms with Crippen molar-refractivity contribution in [2.24, 2.45) is 0 Å². The lowest BCUT2D eigenvalue weighted by Gasteiger charge is -2.23. The first kappa shape index (κ1) is 11.1. The Hall–Kier alpha value is -1.42. The van der Waals surface area contributed by atoms with Crippen LogP contribution in [0.2, 0.25) is 0 Å². The number of rotatable bonds is 3. The molecule has 4 nitrogen and oxygen atoms in total. The third-order valence-electron chi connectivity index (χ3n) is 2.85. The molecule has 1 aliphatic heterocycles. The molecular weight excluding hydrogens is 202 g/mol. The average Bonchev–Trinajstić information content (AvgIpc) is 2.38. The minimum absolute atomic E-state index is 0.0412. The maximum Gasteiger partial charge on any atom is 0.252 e. The highest BCUT2D eigenvalue weighted by Gasteiger charge is 2.13. The number of hydrogen-bond acceptors (Lipinski definition) is 3. The normalized spacial score (nSPS) is 20.4. The standard InChI is InChI=1S/C12H17N3O/c16-12(10-4-3-6-13-8-10)15-9-11-5-1-2-7-14-11/h3-4,6,8,11,14H,1-2,5,7,9H2,(H,15,16). The van der Waals surface area contributed by atoms with Gasteiger partial charge in [-0.25, -0.2) is 0 Å². The van der Waals surface area contributed by atoms with E-state index in [9.17, 15) is 4.79 Å². The lowest BCUT2D eigenvalue weighted by molar-refractivity contribution is 0.0947. The van der Waals surface area contributed by atoms with E-state index in [-0.39, 0.29) is 5.91 Å². The van der Waals surface area contributed by atoms with Crippen molar-refractivity contribution >= 4 is 5.91 Å². The third kappa shape index (κ3) is 3.03. The second kappa shape index (κ2) is 5.61. The number of aromatic nitrogens is 1. The van der Waals surface area contributed by atoms with Crippen LogP contribution in [0.3, 0.4) is 0 Å². The highest BCUT2D eigenvalue weighted by molar-refractivity contribution is 5.93. The molecule has 1 unspecified atom stereocenters. The minimum atomic E-state index is -0.0412. The van der Waals surface area contributed by atoms with Crippen LogP contribution in [0.25, 0.3) is 0 Å². The van der Waals surface area contributed by atoms with Crippen LogP contribution < -0.4 is 10.6 Å². The molecule has 0 aromatic carbocycles. The third-order valence-corrected chi connectivity index (χ3v) is 2.85. The lowest BCUT2D eigenvalue weighted by Crippen LogP contribution is -2.43. The number of piperidine rings is 1. The molecule has 1 amide bonds. The van der Waals surface area contributed by atoms with Crippen LogP contribution in [-0.4, -0.2) is 30.0 Å². The summed E-state index contributed by atoms with van der Waals surface area (Å²) in [6, 6.07) is 3.97. The summed E-state index contributed by atoms with van der Waals surface area (Å²) in [5.74, 6) is -0.0412. The Labute approximate surface area is 95.5 Å². The van der Waals surface area contributed by atoms with E-state index in [2.05, 4.69) is 15.6 Å². The zero-order chi connectivity index (χ0) is 11.2. The highest BCUT2D eigenvalue weighted by Crippen LogP contribution is 2.06. The van der Waals surface area contributed by atoms with Gasteiger partial charge in [-0.1, -0.05) is 6.42 Å². The van der Waals surface area contributed by atoms with Crippen LogP contribution in [0.15, 0.2) is 24.5 Å². The summed E-state index contributed by atoms with van der Waals surface area (Å²) in [4.78, 5) is 15.6. The molecule has 2 rings (SSSR count). The fourth-order valence-electron chi connectivity index (χ4n) is 1.91. The Bertz CT molecular complexity index is 333. The first-order valence-corrected chi connectivity index (χ1v) is 5.78. The van der Waals surface area contributed by atoms with Gasteiger partial charge < -0.3 is 10.6 Å². The van der Waals surface area contributed by atoms with Gasteiger partial charge in [-0.3, -0.25) is 9.78 Å². The van der Waals surface area contributed by atoms with Gasteiger partial charge in [0.1, 0.15) is 0 Å². The molecule has 1 aliphatic rings. The number of pyridine rings is 1. The van der Waals surface area contributed by atoms with E-state index in [0.717, 1.165) is 13.0 Å². The molecule has 4 heteroatoms. The number of carbonyl (C=O) groups excluding carboxylic acids is 1. The largest absolute Gasteiger partial charge is 0.350 e. The van der Waals surface area contributed by atoms with E-state index in [4.69, 9.17) is 0 Å². The molecule has 2 N–H and O–H groups in total. The minimum Gasteiger partial charge on any atom is -0.350 e. The lowest BCUT2D eigenvalue weighted by atomic mass is 10.1. The van der Waals surface area contributed by atoms with Gasteiger partial charge >= 0.3 is 0 Å². The van der Waals surface area contributed by atoms with Crippen molar-refractivity contribution in [1.82, 2.24) is 15.6 Å². The SMILES string of the molecule is O=C(NCC1CCCCN1)c1cccnc1. The smallest absolute Gasteiger partial charge is 0.252 e. The number of amides is 1. The molecule has 1 saturated heterocycles. The van der Waals surface area contributed by atoms with E-state index < -0.39 is 0 Å². The molecule has 1 aromatic heterocycles. The quantitative estimate of drug-likeness (QED) is 0.796. The second-order valence-corrected chi connectivity index (χ2v) is 4.10. The van der Waals surface area contributed by atoms with Crippen LogP contribution in [-0.2, 0) is 0 Å². The van der Waals surface area contributed by atoms with E-state index >= 15 is 0 Å². The van der Waals surface area contributed by atoms with Gasteiger partial charge in [0.15, 0.2) is 0 Å². The summed E-state index contributed by atoms with van der Waals surface area (Å²) in [5.41, 5.74) is 0.623. The molecule has 0 bridgehead atoms. The zero-order valence-corrected chi connectivity index (χ0v) is 9.28. The Morgan fingerprint density at radius 3 is 3.19 bits per heavy atom. The van der Waals surface area contributed by atoms with E-state index in [1.54, 1.807) is 24.5 Å². The number of carbonyl (C=O) groups is 1. The van der Waals surface area contributed by atoms with Crippen molar-refractivity contribution in [3.05, 3.63) is 30.1 Å². The summed E-state index contributed by atoms with van der Waals surface area (Å²) in [6.45, 7) is 1.77. The number of nitrogens with zero attached hydrogens (tertiary/aromatic N) is 1. The Morgan fingerprint density at radius 1 is 1.56 bits per heavy atom. The maximum absolute atomic E-state index is 11.7. The predicted octanol–water partition coefficient (Wildman–Crippen LogP) is 0.953. The summed E-state index contributed by atoms with van der Waals surface area (Å²) in [6.07, 6.45) is 6.89. The molecule has 16 heavy (non-hydrogen) atoms. The van der Waals surface area contributed by atoms with Crippen LogP contribution in [0.4, 0.5) is 0 Å². The predicted molar refractivity (Wildman–Crippen MR) is 62.2 cm³/mol. The summed E-state index contributed by atoms with van der Waals surface area (Å²) in [7, 11) is 0. The van der Waals surface area contributed by atoms with Gasteiger partial charge in [0.25, 0.3) is 5.91 Å². The molecule has 86 valence electrons. The average molecular weight is 219 g/mol. The zero-order valence-electron chi connectivity index (χ0n) is 9.28. The fourth-order valence-corrected chi connectivity index (χ4v) is 1.91. The van der Waals surface area contributed by atoms with Gasteiger partial charge in [-0.2, -0.15) is 0 Å². The van der Waals surface area contributed by atoms with E-state index in [1.807, 2.05) is 0 Å².